The van der Waals surface area contributed by atoms with Gasteiger partial charge in [-0.25, -0.2) is 4.39 Å². The van der Waals surface area contributed by atoms with Crippen LogP contribution in [0.4, 0.5) is 4.39 Å². The van der Waals surface area contributed by atoms with Crippen LogP contribution in [0.2, 0.25) is 0 Å². The van der Waals surface area contributed by atoms with E-state index in [0.29, 0.717) is 11.5 Å². The molecule has 26 heavy (non-hydrogen) atoms. The van der Waals surface area contributed by atoms with Crippen LogP contribution in [-0.2, 0) is 6.42 Å². The first-order chi connectivity index (χ1) is 12.6. The lowest BCUT2D eigenvalue weighted by Crippen LogP contribution is -2.21. The molecule has 0 nitrogen and oxygen atoms in total. The third kappa shape index (κ3) is 4.75. The van der Waals surface area contributed by atoms with Gasteiger partial charge in [0.2, 0.25) is 0 Å². The average molecular weight is 353 g/mol. The summed E-state index contributed by atoms with van der Waals surface area (Å²) in [5.41, 5.74) is 4.01. The van der Waals surface area contributed by atoms with Gasteiger partial charge in [-0.15, -0.1) is 0 Å². The molecule has 0 saturated heterocycles. The number of benzene rings is 2. The summed E-state index contributed by atoms with van der Waals surface area (Å²) in [5, 5.41) is 0. The predicted octanol–water partition coefficient (Wildman–Crippen LogP) is 7.59. The SMILES string of the molecule is CCCC1CCC(C(C)Cc2ccc(-c3ccc(C)cc3)c(F)c2)CC1. The Morgan fingerprint density at radius 1 is 1.00 bits per heavy atom. The van der Waals surface area contributed by atoms with Crippen molar-refractivity contribution >= 4 is 0 Å². The Morgan fingerprint density at radius 2 is 1.69 bits per heavy atom. The van der Waals surface area contributed by atoms with Crippen LogP contribution < -0.4 is 0 Å². The Bertz CT molecular complexity index is 693. The lowest BCUT2D eigenvalue weighted by atomic mass is 9.73. The van der Waals surface area contributed by atoms with Crippen molar-refractivity contribution in [2.45, 2.75) is 65.7 Å². The third-order valence-electron chi connectivity index (χ3n) is 6.35. The van der Waals surface area contributed by atoms with Crippen LogP contribution in [-0.4, -0.2) is 0 Å². The van der Waals surface area contributed by atoms with Gasteiger partial charge >= 0.3 is 0 Å². The molecule has 0 amide bonds. The fraction of sp³-hybridized carbons (Fsp3) is 0.520. The fourth-order valence-corrected chi connectivity index (χ4v) is 4.65. The first-order valence-electron chi connectivity index (χ1n) is 10.4. The topological polar surface area (TPSA) is 0 Å². The van der Waals surface area contributed by atoms with Crippen LogP contribution in [0.5, 0.6) is 0 Å². The standard InChI is InChI=1S/C25H33F/c1-4-5-20-8-13-22(14-9-20)19(3)16-21-10-15-24(25(26)17-21)23-11-6-18(2)7-12-23/h6-7,10-12,15,17,19-20,22H,4-5,8-9,13-14,16H2,1-3H3. The molecule has 2 aromatic rings. The fourth-order valence-electron chi connectivity index (χ4n) is 4.65. The van der Waals surface area contributed by atoms with E-state index in [2.05, 4.69) is 26.8 Å². The van der Waals surface area contributed by atoms with Gasteiger partial charge in [0.05, 0.1) is 0 Å². The summed E-state index contributed by atoms with van der Waals surface area (Å²) in [6.45, 7) is 6.71. The number of aryl methyl sites for hydroxylation is 1. The highest BCUT2D eigenvalue weighted by atomic mass is 19.1. The minimum atomic E-state index is -0.0924. The molecule has 140 valence electrons. The largest absolute Gasteiger partial charge is 0.206 e. The molecule has 0 N–H and O–H groups in total. The van der Waals surface area contributed by atoms with Crippen LogP contribution in [0.3, 0.4) is 0 Å². The van der Waals surface area contributed by atoms with Crippen LogP contribution >= 0.6 is 0 Å². The van der Waals surface area contributed by atoms with E-state index in [4.69, 9.17) is 0 Å². The smallest absolute Gasteiger partial charge is 0.131 e. The maximum absolute atomic E-state index is 14.7. The predicted molar refractivity (Wildman–Crippen MR) is 110 cm³/mol. The Morgan fingerprint density at radius 3 is 2.31 bits per heavy atom. The highest BCUT2D eigenvalue weighted by molar-refractivity contribution is 5.64. The Balaban J connectivity index is 1.62. The van der Waals surface area contributed by atoms with Crippen molar-refractivity contribution in [3.05, 3.63) is 59.4 Å². The number of hydrogen-bond donors (Lipinski definition) is 0. The van der Waals surface area contributed by atoms with Crippen LogP contribution in [0.15, 0.2) is 42.5 Å². The van der Waals surface area contributed by atoms with Crippen molar-refractivity contribution in [2.75, 3.05) is 0 Å². The Kier molecular flexibility index (Phi) is 6.51. The molecule has 1 aliphatic rings. The van der Waals surface area contributed by atoms with Crippen molar-refractivity contribution in [1.82, 2.24) is 0 Å². The van der Waals surface area contributed by atoms with E-state index in [1.54, 1.807) is 6.07 Å². The van der Waals surface area contributed by atoms with Crippen LogP contribution in [0.1, 0.15) is 63.5 Å². The average Bonchev–Trinajstić information content (AvgIpc) is 2.64. The van der Waals surface area contributed by atoms with Gasteiger partial charge in [-0.3, -0.25) is 0 Å². The Hall–Kier alpha value is -1.63. The summed E-state index contributed by atoms with van der Waals surface area (Å²) in [7, 11) is 0. The van der Waals surface area contributed by atoms with Gasteiger partial charge in [-0.2, -0.15) is 0 Å². The molecule has 0 aliphatic heterocycles. The second-order valence-electron chi connectivity index (χ2n) is 8.43. The van der Waals surface area contributed by atoms with Crippen molar-refractivity contribution in [3.63, 3.8) is 0 Å². The zero-order chi connectivity index (χ0) is 18.5. The molecule has 1 aliphatic carbocycles. The first-order valence-corrected chi connectivity index (χ1v) is 10.4. The molecular weight excluding hydrogens is 319 g/mol. The number of halogens is 1. The summed E-state index contributed by atoms with van der Waals surface area (Å²) in [4.78, 5) is 0. The van der Waals surface area contributed by atoms with E-state index in [-0.39, 0.29) is 5.82 Å². The van der Waals surface area contributed by atoms with E-state index in [0.717, 1.165) is 29.4 Å². The molecule has 2 aromatic carbocycles. The maximum Gasteiger partial charge on any atom is 0.131 e. The molecule has 1 fully saturated rings. The summed E-state index contributed by atoms with van der Waals surface area (Å²) < 4.78 is 14.7. The van der Waals surface area contributed by atoms with Gasteiger partial charge < -0.3 is 0 Å². The molecular formula is C25H33F. The van der Waals surface area contributed by atoms with Gasteiger partial charge in [-0.05, 0) is 61.1 Å². The normalized spacial score (nSPS) is 21.5. The number of rotatable bonds is 6. The summed E-state index contributed by atoms with van der Waals surface area (Å²) in [5.74, 6) is 2.31. The molecule has 0 heterocycles. The molecule has 0 spiro atoms. The second-order valence-corrected chi connectivity index (χ2v) is 8.43. The van der Waals surface area contributed by atoms with E-state index in [1.807, 2.05) is 30.3 Å². The monoisotopic (exact) mass is 352 g/mol. The van der Waals surface area contributed by atoms with E-state index < -0.39 is 0 Å². The third-order valence-corrected chi connectivity index (χ3v) is 6.35. The van der Waals surface area contributed by atoms with Crippen molar-refractivity contribution in [2.24, 2.45) is 17.8 Å². The molecule has 1 heteroatoms. The van der Waals surface area contributed by atoms with Crippen LogP contribution in [0.25, 0.3) is 11.1 Å². The van der Waals surface area contributed by atoms with E-state index >= 15 is 0 Å². The quantitative estimate of drug-likeness (QED) is 0.502. The van der Waals surface area contributed by atoms with Crippen LogP contribution in [0, 0.1) is 30.5 Å². The zero-order valence-corrected chi connectivity index (χ0v) is 16.6. The molecule has 0 bridgehead atoms. The molecule has 0 radical (unpaired) electrons. The highest BCUT2D eigenvalue weighted by Crippen LogP contribution is 2.36. The summed E-state index contributed by atoms with van der Waals surface area (Å²) in [6.07, 6.45) is 9.21. The summed E-state index contributed by atoms with van der Waals surface area (Å²) in [6, 6.07) is 13.9. The lowest BCUT2D eigenvalue weighted by Gasteiger charge is -2.32. The van der Waals surface area contributed by atoms with Gasteiger partial charge in [-0.1, -0.05) is 81.5 Å². The number of hydrogen-bond acceptors (Lipinski definition) is 0. The lowest BCUT2D eigenvalue weighted by molar-refractivity contribution is 0.206. The zero-order valence-electron chi connectivity index (χ0n) is 16.6. The highest BCUT2D eigenvalue weighted by Gasteiger charge is 2.25. The molecule has 0 aromatic heterocycles. The molecule has 1 unspecified atom stereocenters. The van der Waals surface area contributed by atoms with Crippen molar-refractivity contribution < 1.29 is 4.39 Å². The van der Waals surface area contributed by atoms with Gasteiger partial charge in [0.1, 0.15) is 5.82 Å². The van der Waals surface area contributed by atoms with E-state index in [9.17, 15) is 4.39 Å². The molecule has 1 atom stereocenters. The minimum Gasteiger partial charge on any atom is -0.206 e. The van der Waals surface area contributed by atoms with Crippen molar-refractivity contribution in [3.8, 4) is 11.1 Å². The first kappa shape index (κ1) is 19.1. The van der Waals surface area contributed by atoms with Gasteiger partial charge in [0, 0.05) is 5.56 Å². The van der Waals surface area contributed by atoms with Gasteiger partial charge in [0.25, 0.3) is 0 Å². The minimum absolute atomic E-state index is 0.0924. The van der Waals surface area contributed by atoms with E-state index in [1.165, 1.54) is 44.1 Å². The van der Waals surface area contributed by atoms with Gasteiger partial charge in [0.15, 0.2) is 0 Å². The summed E-state index contributed by atoms with van der Waals surface area (Å²) >= 11 is 0. The Labute approximate surface area is 158 Å². The molecule has 3 rings (SSSR count). The second kappa shape index (κ2) is 8.84. The molecule has 1 saturated carbocycles. The maximum atomic E-state index is 14.7. The van der Waals surface area contributed by atoms with Crippen molar-refractivity contribution in [1.29, 1.82) is 0 Å².